The van der Waals surface area contributed by atoms with E-state index in [9.17, 15) is 13.2 Å². The van der Waals surface area contributed by atoms with Crippen LogP contribution in [0.2, 0.25) is 0 Å². The monoisotopic (exact) mass is 338 g/mol. The molecule has 2 saturated heterocycles. The van der Waals surface area contributed by atoms with Gasteiger partial charge in [-0.25, -0.2) is 13.2 Å². The second-order valence-electron chi connectivity index (χ2n) is 6.37. The fourth-order valence-electron chi connectivity index (χ4n) is 3.42. The largest absolute Gasteiger partial charge is 0.331 e. The van der Waals surface area contributed by atoms with E-state index in [2.05, 4.69) is 9.88 Å². The minimum Gasteiger partial charge on any atom is -0.331 e. The average Bonchev–Trinajstić information content (AvgIpc) is 2.83. The second kappa shape index (κ2) is 6.09. The number of amides is 2. The van der Waals surface area contributed by atoms with E-state index in [-0.39, 0.29) is 29.6 Å². The summed E-state index contributed by atoms with van der Waals surface area (Å²) < 4.78 is 24.3. The zero-order valence-corrected chi connectivity index (χ0v) is 14.2. The number of hydrogen-bond acceptors (Lipinski definition) is 5. The molecule has 0 unspecified atom stereocenters. The average molecular weight is 338 g/mol. The molecule has 3 rings (SSSR count). The molecule has 3 heterocycles. The third-order valence-electron chi connectivity index (χ3n) is 4.51. The van der Waals surface area contributed by atoms with Gasteiger partial charge in [0.05, 0.1) is 23.2 Å². The molecule has 2 fully saturated rings. The highest BCUT2D eigenvalue weighted by Gasteiger charge is 2.48. The highest BCUT2D eigenvalue weighted by molar-refractivity contribution is 7.91. The highest BCUT2D eigenvalue weighted by Crippen LogP contribution is 2.28. The lowest BCUT2D eigenvalue weighted by Gasteiger charge is -2.44. The van der Waals surface area contributed by atoms with Crippen molar-refractivity contribution in [1.82, 2.24) is 19.7 Å². The van der Waals surface area contributed by atoms with Crippen LogP contribution >= 0.6 is 0 Å². The maximum atomic E-state index is 12.3. The van der Waals surface area contributed by atoms with Gasteiger partial charge in [0.2, 0.25) is 0 Å². The number of rotatable bonds is 2. The molecule has 7 nitrogen and oxygen atoms in total. The number of carbonyl (C=O) groups is 1. The number of aromatic nitrogens is 1. The van der Waals surface area contributed by atoms with Gasteiger partial charge < -0.3 is 9.80 Å². The van der Waals surface area contributed by atoms with Crippen LogP contribution in [0.1, 0.15) is 5.69 Å². The Morgan fingerprint density at radius 2 is 2.00 bits per heavy atom. The first kappa shape index (κ1) is 16.2. The van der Waals surface area contributed by atoms with E-state index in [0.29, 0.717) is 19.6 Å². The molecule has 2 atom stereocenters. The second-order valence-corrected chi connectivity index (χ2v) is 8.53. The Labute approximate surface area is 136 Å². The fraction of sp³-hybridized carbons (Fsp3) is 0.600. The SMILES string of the molecule is CN(C)C(=O)N1CCN(Cc2ccccn2)[C@H]2CS(=O)(=O)C[C@H]21. The predicted octanol–water partition coefficient (Wildman–Crippen LogP) is 0.0464. The van der Waals surface area contributed by atoms with Gasteiger partial charge in [0, 0.05) is 46.0 Å². The quantitative estimate of drug-likeness (QED) is 0.762. The predicted molar refractivity (Wildman–Crippen MR) is 86.7 cm³/mol. The molecular weight excluding hydrogens is 316 g/mol. The van der Waals surface area contributed by atoms with E-state index in [1.165, 1.54) is 4.90 Å². The number of sulfone groups is 1. The zero-order valence-electron chi connectivity index (χ0n) is 13.4. The summed E-state index contributed by atoms with van der Waals surface area (Å²) in [5, 5.41) is 0. The summed E-state index contributed by atoms with van der Waals surface area (Å²) in [5.74, 6) is 0.164. The molecule has 8 heteroatoms. The first-order chi connectivity index (χ1) is 10.9. The van der Waals surface area contributed by atoms with Crippen molar-refractivity contribution in [3.05, 3.63) is 30.1 Å². The number of pyridine rings is 1. The molecule has 0 spiro atoms. The number of piperazine rings is 1. The summed E-state index contributed by atoms with van der Waals surface area (Å²) >= 11 is 0. The van der Waals surface area contributed by atoms with E-state index < -0.39 is 9.84 Å². The molecule has 126 valence electrons. The van der Waals surface area contributed by atoms with E-state index in [0.717, 1.165) is 5.69 Å². The third-order valence-corrected chi connectivity index (χ3v) is 6.21. The van der Waals surface area contributed by atoms with Gasteiger partial charge >= 0.3 is 6.03 Å². The minimum atomic E-state index is -3.12. The molecule has 0 radical (unpaired) electrons. The van der Waals surface area contributed by atoms with Crippen molar-refractivity contribution in [3.63, 3.8) is 0 Å². The van der Waals surface area contributed by atoms with Crippen LogP contribution in [0, 0.1) is 0 Å². The van der Waals surface area contributed by atoms with Crippen molar-refractivity contribution in [2.45, 2.75) is 18.6 Å². The lowest BCUT2D eigenvalue weighted by Crippen LogP contribution is -2.61. The Morgan fingerprint density at radius 3 is 2.65 bits per heavy atom. The zero-order chi connectivity index (χ0) is 16.6. The number of carbonyl (C=O) groups excluding carboxylic acids is 1. The lowest BCUT2D eigenvalue weighted by atomic mass is 10.0. The maximum Gasteiger partial charge on any atom is 0.319 e. The van der Waals surface area contributed by atoms with E-state index in [1.807, 2.05) is 18.2 Å². The van der Waals surface area contributed by atoms with Crippen molar-refractivity contribution in [3.8, 4) is 0 Å². The van der Waals surface area contributed by atoms with Crippen molar-refractivity contribution in [2.24, 2.45) is 0 Å². The Hall–Kier alpha value is -1.67. The van der Waals surface area contributed by atoms with Crippen molar-refractivity contribution in [1.29, 1.82) is 0 Å². The number of nitrogens with zero attached hydrogens (tertiary/aromatic N) is 4. The van der Waals surface area contributed by atoms with Gasteiger partial charge in [-0.05, 0) is 12.1 Å². The smallest absolute Gasteiger partial charge is 0.319 e. The molecule has 1 aromatic rings. The fourth-order valence-corrected chi connectivity index (χ4v) is 5.43. The van der Waals surface area contributed by atoms with Gasteiger partial charge in [-0.1, -0.05) is 6.07 Å². The molecule has 0 saturated carbocycles. The van der Waals surface area contributed by atoms with Crippen LogP contribution in [-0.2, 0) is 16.4 Å². The van der Waals surface area contributed by atoms with Crippen molar-refractivity contribution < 1.29 is 13.2 Å². The van der Waals surface area contributed by atoms with E-state index >= 15 is 0 Å². The molecule has 2 aliphatic rings. The van der Waals surface area contributed by atoms with Crippen LogP contribution in [0.3, 0.4) is 0 Å². The van der Waals surface area contributed by atoms with E-state index in [4.69, 9.17) is 0 Å². The molecule has 2 aliphatic heterocycles. The van der Waals surface area contributed by atoms with Gasteiger partial charge in [0.15, 0.2) is 9.84 Å². The summed E-state index contributed by atoms with van der Waals surface area (Å²) in [7, 11) is 0.270. The van der Waals surface area contributed by atoms with Crippen LogP contribution in [0.4, 0.5) is 4.79 Å². The van der Waals surface area contributed by atoms with Crippen LogP contribution in [0.15, 0.2) is 24.4 Å². The summed E-state index contributed by atoms with van der Waals surface area (Å²) in [6, 6.07) is 5.19. The van der Waals surface area contributed by atoms with Crippen molar-refractivity contribution in [2.75, 3.05) is 38.7 Å². The Kier molecular flexibility index (Phi) is 4.29. The van der Waals surface area contributed by atoms with Crippen LogP contribution in [-0.4, -0.2) is 84.9 Å². The molecule has 2 amide bonds. The molecule has 23 heavy (non-hydrogen) atoms. The van der Waals surface area contributed by atoms with Gasteiger partial charge in [-0.3, -0.25) is 9.88 Å². The number of fused-ring (bicyclic) bond motifs is 1. The molecule has 1 aromatic heterocycles. The number of hydrogen-bond donors (Lipinski definition) is 0. The Bertz CT molecular complexity index is 677. The summed E-state index contributed by atoms with van der Waals surface area (Å²) in [4.78, 5) is 22.0. The first-order valence-corrected chi connectivity index (χ1v) is 9.52. The topological polar surface area (TPSA) is 73.8 Å². The highest BCUT2D eigenvalue weighted by atomic mass is 32.2. The Balaban J connectivity index is 1.82. The summed E-state index contributed by atoms with van der Waals surface area (Å²) in [6.07, 6.45) is 1.74. The number of urea groups is 1. The molecular formula is C15H22N4O3S. The minimum absolute atomic E-state index is 0.0516. The standard InChI is InChI=1S/C15H22N4O3S/c1-17(2)15(20)19-8-7-18(9-12-5-3-4-6-16-12)13-10-23(21,22)11-14(13)19/h3-6,13-14H,7-11H2,1-2H3/t13-,14+/m0/s1. The van der Waals surface area contributed by atoms with Gasteiger partial charge in [-0.2, -0.15) is 0 Å². The molecule has 0 bridgehead atoms. The summed E-state index contributed by atoms with van der Waals surface area (Å²) in [5.41, 5.74) is 0.919. The van der Waals surface area contributed by atoms with E-state index in [1.54, 1.807) is 25.2 Å². The summed E-state index contributed by atoms with van der Waals surface area (Å²) in [6.45, 7) is 1.81. The molecule has 0 aromatic carbocycles. The van der Waals surface area contributed by atoms with Crippen LogP contribution < -0.4 is 0 Å². The van der Waals surface area contributed by atoms with Gasteiger partial charge in [0.1, 0.15) is 0 Å². The van der Waals surface area contributed by atoms with Gasteiger partial charge in [-0.15, -0.1) is 0 Å². The normalized spacial score (nSPS) is 26.8. The first-order valence-electron chi connectivity index (χ1n) is 7.70. The van der Waals surface area contributed by atoms with Crippen LogP contribution in [0.25, 0.3) is 0 Å². The van der Waals surface area contributed by atoms with Crippen molar-refractivity contribution >= 4 is 15.9 Å². The molecule has 0 N–H and O–H groups in total. The molecule has 0 aliphatic carbocycles. The lowest BCUT2D eigenvalue weighted by molar-refractivity contribution is 0.0514. The maximum absolute atomic E-state index is 12.3. The van der Waals surface area contributed by atoms with Crippen LogP contribution in [0.5, 0.6) is 0 Å². The van der Waals surface area contributed by atoms with Gasteiger partial charge in [0.25, 0.3) is 0 Å². The Morgan fingerprint density at radius 1 is 1.26 bits per heavy atom. The third kappa shape index (κ3) is 3.32.